The minimum absolute atomic E-state index is 0.184. The molecule has 1 heterocycles. The van der Waals surface area contributed by atoms with Crippen molar-refractivity contribution < 1.29 is 5.11 Å². The first-order valence-electron chi connectivity index (χ1n) is 2.77. The van der Waals surface area contributed by atoms with Gasteiger partial charge in [0.05, 0.1) is 0 Å². The van der Waals surface area contributed by atoms with Gasteiger partial charge >= 0.3 is 0 Å². The molecule has 1 N–H and O–H groups in total. The van der Waals surface area contributed by atoms with Gasteiger partial charge in [-0.1, -0.05) is 0 Å². The average Bonchev–Trinajstić information content (AvgIpc) is 1.77. The van der Waals surface area contributed by atoms with Gasteiger partial charge in [-0.3, -0.25) is 4.90 Å². The summed E-state index contributed by atoms with van der Waals surface area (Å²) < 4.78 is 0. The van der Waals surface area contributed by atoms with Crippen LogP contribution in [0.25, 0.3) is 0 Å². The van der Waals surface area contributed by atoms with E-state index < -0.39 is 0 Å². The van der Waals surface area contributed by atoms with Gasteiger partial charge in [-0.25, -0.2) is 0 Å². The van der Waals surface area contributed by atoms with Crippen molar-refractivity contribution in [3.8, 4) is 0 Å². The Kier molecular flexibility index (Phi) is 2.16. The van der Waals surface area contributed by atoms with Crippen LogP contribution in [-0.4, -0.2) is 34.9 Å². The third-order valence-electron chi connectivity index (χ3n) is 1.32. The van der Waals surface area contributed by atoms with Gasteiger partial charge in [-0.05, 0) is 19.2 Å². The van der Waals surface area contributed by atoms with Gasteiger partial charge in [0.2, 0.25) is 0 Å². The van der Waals surface area contributed by atoms with Crippen molar-refractivity contribution in [2.45, 2.75) is 12.6 Å². The lowest BCUT2D eigenvalue weighted by Crippen LogP contribution is -2.34. The normalized spacial score (nSPS) is 33.0. The molecule has 0 aromatic carbocycles. The molecule has 0 aromatic rings. The smallest absolute Gasteiger partial charge is 0.108 e. The molecular formula is C5H11NOS. The molecule has 0 radical (unpaired) electrons. The monoisotopic (exact) mass is 133 g/mol. The zero-order valence-electron chi connectivity index (χ0n) is 5.00. The fourth-order valence-electron chi connectivity index (χ4n) is 0.704. The summed E-state index contributed by atoms with van der Waals surface area (Å²) in [6, 6.07) is 0. The third-order valence-corrected chi connectivity index (χ3v) is 2.44. The highest BCUT2D eigenvalue weighted by Gasteiger charge is 2.14. The largest absolute Gasteiger partial charge is 0.378 e. The summed E-state index contributed by atoms with van der Waals surface area (Å²) in [6.45, 7) is 0. The second kappa shape index (κ2) is 2.71. The van der Waals surface area contributed by atoms with Crippen LogP contribution in [0.2, 0.25) is 0 Å². The number of thioether (sulfide) groups is 1. The summed E-state index contributed by atoms with van der Waals surface area (Å²) in [5, 5.41) is 9.09. The predicted octanol–water partition coefficient (Wildman–Crippen LogP) is 0.331. The molecule has 0 amide bonds. The molecule has 1 fully saturated rings. The zero-order valence-corrected chi connectivity index (χ0v) is 5.82. The highest BCUT2D eigenvalue weighted by Crippen LogP contribution is 2.15. The van der Waals surface area contributed by atoms with Crippen molar-refractivity contribution in [3.05, 3.63) is 0 Å². The Balaban J connectivity index is 2.28. The lowest BCUT2D eigenvalue weighted by atomic mass is 10.4. The molecule has 0 saturated carbocycles. The number of nitrogens with zero attached hydrogens (tertiary/aromatic N) is 1. The van der Waals surface area contributed by atoms with E-state index in [-0.39, 0.29) is 6.23 Å². The van der Waals surface area contributed by atoms with Crippen molar-refractivity contribution >= 4 is 11.8 Å². The van der Waals surface area contributed by atoms with Crippen LogP contribution >= 0.6 is 11.8 Å². The van der Waals surface area contributed by atoms with Crippen molar-refractivity contribution in [2.24, 2.45) is 0 Å². The molecule has 1 saturated heterocycles. The number of hydrogen-bond donors (Lipinski definition) is 1. The SMILES string of the molecule is CN1CSCCC1O. The molecule has 1 rings (SSSR count). The highest BCUT2D eigenvalue weighted by molar-refractivity contribution is 7.99. The Hall–Kier alpha value is 0.270. The third kappa shape index (κ3) is 1.37. The van der Waals surface area contributed by atoms with Crippen LogP contribution in [0, 0.1) is 0 Å². The summed E-state index contributed by atoms with van der Waals surface area (Å²) in [5.41, 5.74) is 0. The van der Waals surface area contributed by atoms with E-state index in [1.165, 1.54) is 0 Å². The molecule has 3 heteroatoms. The molecule has 8 heavy (non-hydrogen) atoms. The molecule has 2 nitrogen and oxygen atoms in total. The number of aliphatic hydroxyl groups excluding tert-OH is 1. The lowest BCUT2D eigenvalue weighted by Gasteiger charge is -2.27. The minimum Gasteiger partial charge on any atom is -0.378 e. The molecule has 1 aliphatic heterocycles. The summed E-state index contributed by atoms with van der Waals surface area (Å²) in [5.74, 6) is 2.08. The van der Waals surface area contributed by atoms with Gasteiger partial charge < -0.3 is 5.11 Å². The fraction of sp³-hybridized carbons (Fsp3) is 1.00. The maximum atomic E-state index is 9.09. The first-order chi connectivity index (χ1) is 3.80. The molecule has 1 unspecified atom stereocenters. The van der Waals surface area contributed by atoms with Crippen molar-refractivity contribution in [2.75, 3.05) is 18.7 Å². The predicted molar refractivity (Wildman–Crippen MR) is 35.7 cm³/mol. The summed E-state index contributed by atoms with van der Waals surface area (Å²) in [6.07, 6.45) is 0.734. The fourth-order valence-corrected chi connectivity index (χ4v) is 1.67. The minimum atomic E-state index is -0.184. The summed E-state index contributed by atoms with van der Waals surface area (Å²) in [7, 11) is 1.94. The van der Waals surface area contributed by atoms with Crippen LogP contribution in [0.15, 0.2) is 0 Å². The van der Waals surface area contributed by atoms with Crippen LogP contribution in [0.1, 0.15) is 6.42 Å². The quantitative estimate of drug-likeness (QED) is 0.515. The van der Waals surface area contributed by atoms with E-state index in [9.17, 15) is 0 Å². The van der Waals surface area contributed by atoms with E-state index in [1.807, 2.05) is 23.7 Å². The van der Waals surface area contributed by atoms with E-state index in [0.29, 0.717) is 0 Å². The Morgan fingerprint density at radius 2 is 2.50 bits per heavy atom. The van der Waals surface area contributed by atoms with Gasteiger partial charge in [0.1, 0.15) is 6.23 Å². The Labute approximate surface area is 53.9 Å². The lowest BCUT2D eigenvalue weighted by molar-refractivity contribution is 0.0298. The van der Waals surface area contributed by atoms with Gasteiger partial charge in [0, 0.05) is 5.88 Å². The summed E-state index contributed by atoms with van der Waals surface area (Å²) >= 11 is 1.87. The molecule has 1 aliphatic rings. The Bertz CT molecular complexity index is 68.8. The number of rotatable bonds is 0. The molecule has 48 valence electrons. The van der Waals surface area contributed by atoms with Gasteiger partial charge in [0.25, 0.3) is 0 Å². The van der Waals surface area contributed by atoms with E-state index in [4.69, 9.17) is 5.11 Å². The second-order valence-corrected chi connectivity index (χ2v) is 3.14. The first kappa shape index (κ1) is 6.39. The molecule has 0 spiro atoms. The van der Waals surface area contributed by atoms with Crippen LogP contribution < -0.4 is 0 Å². The zero-order chi connectivity index (χ0) is 5.98. The molecule has 0 bridgehead atoms. The maximum Gasteiger partial charge on any atom is 0.108 e. The van der Waals surface area contributed by atoms with Gasteiger partial charge in [0.15, 0.2) is 0 Å². The van der Waals surface area contributed by atoms with E-state index in [0.717, 1.165) is 18.1 Å². The van der Waals surface area contributed by atoms with Crippen LogP contribution in [-0.2, 0) is 0 Å². The van der Waals surface area contributed by atoms with E-state index in [2.05, 4.69) is 0 Å². The average molecular weight is 133 g/mol. The Morgan fingerprint density at radius 3 is 2.88 bits per heavy atom. The van der Waals surface area contributed by atoms with Crippen molar-refractivity contribution in [1.82, 2.24) is 4.90 Å². The van der Waals surface area contributed by atoms with Crippen molar-refractivity contribution in [3.63, 3.8) is 0 Å². The summed E-state index contributed by atoms with van der Waals surface area (Å²) in [4.78, 5) is 1.95. The Morgan fingerprint density at radius 1 is 1.75 bits per heavy atom. The molecular weight excluding hydrogens is 122 g/mol. The molecule has 0 aliphatic carbocycles. The maximum absolute atomic E-state index is 9.09. The first-order valence-corrected chi connectivity index (χ1v) is 3.92. The number of hydrogen-bond acceptors (Lipinski definition) is 3. The molecule has 0 aromatic heterocycles. The second-order valence-electron chi connectivity index (χ2n) is 2.06. The topological polar surface area (TPSA) is 23.5 Å². The van der Waals surface area contributed by atoms with Crippen LogP contribution in [0.3, 0.4) is 0 Å². The van der Waals surface area contributed by atoms with Gasteiger partial charge in [-0.2, -0.15) is 0 Å². The van der Waals surface area contributed by atoms with Gasteiger partial charge in [-0.15, -0.1) is 11.8 Å². The standard InChI is InChI=1S/C5H11NOS/c1-6-4-8-3-2-5(6)7/h5,7H,2-4H2,1H3. The highest BCUT2D eigenvalue weighted by atomic mass is 32.2. The van der Waals surface area contributed by atoms with E-state index in [1.54, 1.807) is 0 Å². The van der Waals surface area contributed by atoms with Crippen molar-refractivity contribution in [1.29, 1.82) is 0 Å². The molecule has 1 atom stereocenters. The van der Waals surface area contributed by atoms with Crippen LogP contribution in [0.4, 0.5) is 0 Å². The number of aliphatic hydroxyl groups is 1. The van der Waals surface area contributed by atoms with E-state index >= 15 is 0 Å². The van der Waals surface area contributed by atoms with Crippen LogP contribution in [0.5, 0.6) is 0 Å².